The third-order valence-electron chi connectivity index (χ3n) is 4.92. The molecular formula is C24H25N3O5S. The summed E-state index contributed by atoms with van der Waals surface area (Å²) in [6.07, 6.45) is 0. The summed E-state index contributed by atoms with van der Waals surface area (Å²) in [7, 11) is 1.33. The zero-order chi connectivity index (χ0) is 24.1. The molecule has 0 amide bonds. The van der Waals surface area contributed by atoms with Crippen molar-refractivity contribution in [3.63, 3.8) is 0 Å². The fourth-order valence-corrected chi connectivity index (χ4v) is 4.20. The third kappa shape index (κ3) is 5.87. The monoisotopic (exact) mass is 467 g/mol. The summed E-state index contributed by atoms with van der Waals surface area (Å²) in [6.45, 7) is 7.08. The van der Waals surface area contributed by atoms with Crippen LogP contribution in [0.4, 0.5) is 0 Å². The predicted octanol–water partition coefficient (Wildman–Crippen LogP) is 3.81. The number of hydrogen-bond acceptors (Lipinski definition) is 8. The minimum atomic E-state index is -0.511. The molecule has 0 aliphatic heterocycles. The van der Waals surface area contributed by atoms with E-state index in [1.54, 1.807) is 30.3 Å². The fourth-order valence-electron chi connectivity index (χ4n) is 3.45. The number of thioether (sulfide) groups is 1. The standard InChI is InChI=1S/C24H25N3O5S/c1-14-10-15(2)26-24(25-14)33-13-22(29)32-12-21(28)20-11-16(3)27(17(20)4)19-8-6-18(7-9-19)23(30)31-5/h6-11H,12-13H2,1-5H3. The van der Waals surface area contributed by atoms with E-state index in [1.807, 2.05) is 38.3 Å². The second kappa shape index (κ2) is 10.4. The first-order valence-corrected chi connectivity index (χ1v) is 11.2. The van der Waals surface area contributed by atoms with Crippen molar-refractivity contribution in [1.82, 2.24) is 14.5 Å². The molecule has 0 saturated heterocycles. The second-order valence-corrected chi connectivity index (χ2v) is 8.41. The van der Waals surface area contributed by atoms with Crippen molar-refractivity contribution in [2.75, 3.05) is 19.5 Å². The first kappa shape index (κ1) is 24.2. The Morgan fingerprint density at radius 2 is 1.61 bits per heavy atom. The van der Waals surface area contributed by atoms with Gasteiger partial charge in [-0.1, -0.05) is 11.8 Å². The summed E-state index contributed by atoms with van der Waals surface area (Å²) in [5.74, 6) is -1.20. The Morgan fingerprint density at radius 3 is 2.21 bits per heavy atom. The van der Waals surface area contributed by atoms with Gasteiger partial charge >= 0.3 is 11.9 Å². The van der Waals surface area contributed by atoms with Gasteiger partial charge in [-0.05, 0) is 64.1 Å². The van der Waals surface area contributed by atoms with Gasteiger partial charge in [0.1, 0.15) is 0 Å². The molecule has 0 aliphatic rings. The van der Waals surface area contributed by atoms with E-state index in [0.29, 0.717) is 16.3 Å². The number of hydrogen-bond donors (Lipinski definition) is 0. The first-order chi connectivity index (χ1) is 15.7. The Bertz CT molecular complexity index is 1180. The van der Waals surface area contributed by atoms with Crippen LogP contribution in [0.25, 0.3) is 5.69 Å². The molecule has 172 valence electrons. The average molecular weight is 468 g/mol. The molecule has 1 aromatic carbocycles. The van der Waals surface area contributed by atoms with Gasteiger partial charge in [0.15, 0.2) is 11.8 Å². The number of benzene rings is 1. The number of carbonyl (C=O) groups excluding carboxylic acids is 3. The SMILES string of the molecule is COC(=O)c1ccc(-n2c(C)cc(C(=O)COC(=O)CSc3nc(C)cc(C)n3)c2C)cc1. The van der Waals surface area contributed by atoms with Crippen LogP contribution in [-0.4, -0.2) is 51.7 Å². The van der Waals surface area contributed by atoms with Crippen molar-refractivity contribution in [2.45, 2.75) is 32.9 Å². The minimum absolute atomic E-state index is 0.0156. The number of aryl methyl sites for hydroxylation is 3. The number of methoxy groups -OCH3 is 1. The summed E-state index contributed by atoms with van der Waals surface area (Å²) in [6, 6.07) is 10.5. The molecule has 2 aromatic heterocycles. The largest absolute Gasteiger partial charge is 0.465 e. The third-order valence-corrected chi connectivity index (χ3v) is 5.74. The number of Topliss-reactive ketones (excluding diaryl/α,β-unsaturated/α-hetero) is 1. The molecule has 9 heteroatoms. The molecule has 0 spiro atoms. The maximum absolute atomic E-state index is 12.7. The summed E-state index contributed by atoms with van der Waals surface area (Å²) < 4.78 is 11.8. The number of ether oxygens (including phenoxy) is 2. The zero-order valence-electron chi connectivity index (χ0n) is 19.2. The number of nitrogens with zero attached hydrogens (tertiary/aromatic N) is 3. The highest BCUT2D eigenvalue weighted by molar-refractivity contribution is 7.99. The molecule has 3 aromatic rings. The van der Waals surface area contributed by atoms with Crippen LogP contribution in [-0.2, 0) is 14.3 Å². The van der Waals surface area contributed by atoms with Crippen molar-refractivity contribution in [1.29, 1.82) is 0 Å². The topological polar surface area (TPSA) is 100 Å². The Labute approximate surface area is 196 Å². The second-order valence-electron chi connectivity index (χ2n) is 7.46. The van der Waals surface area contributed by atoms with Gasteiger partial charge in [-0.3, -0.25) is 9.59 Å². The molecule has 0 bridgehead atoms. The van der Waals surface area contributed by atoms with Crippen LogP contribution in [0, 0.1) is 27.7 Å². The van der Waals surface area contributed by atoms with E-state index in [-0.39, 0.29) is 18.1 Å². The van der Waals surface area contributed by atoms with Gasteiger partial charge in [0.25, 0.3) is 0 Å². The van der Waals surface area contributed by atoms with E-state index >= 15 is 0 Å². The van der Waals surface area contributed by atoms with Crippen LogP contribution in [0.3, 0.4) is 0 Å². The van der Waals surface area contributed by atoms with Crippen LogP contribution in [0.15, 0.2) is 41.6 Å². The number of rotatable bonds is 8. The van der Waals surface area contributed by atoms with Crippen molar-refractivity contribution < 1.29 is 23.9 Å². The Balaban J connectivity index is 1.63. The molecule has 0 unspecified atom stereocenters. The Morgan fingerprint density at radius 1 is 0.970 bits per heavy atom. The summed E-state index contributed by atoms with van der Waals surface area (Å²) >= 11 is 1.17. The van der Waals surface area contributed by atoms with Crippen LogP contribution in [0.1, 0.15) is 43.5 Å². The molecule has 2 heterocycles. The highest BCUT2D eigenvalue weighted by atomic mass is 32.2. The minimum Gasteiger partial charge on any atom is -0.465 e. The number of esters is 2. The maximum atomic E-state index is 12.7. The van der Waals surface area contributed by atoms with Gasteiger partial charge < -0.3 is 14.0 Å². The van der Waals surface area contributed by atoms with Gasteiger partial charge in [0.05, 0.1) is 18.4 Å². The van der Waals surface area contributed by atoms with E-state index in [0.717, 1.165) is 28.5 Å². The Kier molecular flexibility index (Phi) is 7.65. The number of carbonyl (C=O) groups is 3. The molecule has 33 heavy (non-hydrogen) atoms. The predicted molar refractivity (Wildman–Crippen MR) is 124 cm³/mol. The summed E-state index contributed by atoms with van der Waals surface area (Å²) in [5, 5.41) is 0.498. The van der Waals surface area contributed by atoms with Gasteiger partial charge in [-0.15, -0.1) is 0 Å². The lowest BCUT2D eigenvalue weighted by Crippen LogP contribution is -2.16. The normalized spacial score (nSPS) is 10.7. The van der Waals surface area contributed by atoms with Crippen LogP contribution < -0.4 is 0 Å². The molecule has 0 saturated carbocycles. The van der Waals surface area contributed by atoms with Crippen molar-refractivity contribution in [3.05, 3.63) is 70.3 Å². The van der Waals surface area contributed by atoms with Crippen LogP contribution >= 0.6 is 11.8 Å². The fraction of sp³-hybridized carbons (Fsp3) is 0.292. The molecule has 8 nitrogen and oxygen atoms in total. The lowest BCUT2D eigenvalue weighted by molar-refractivity contribution is -0.139. The average Bonchev–Trinajstić information content (AvgIpc) is 3.08. The van der Waals surface area contributed by atoms with E-state index in [1.165, 1.54) is 18.9 Å². The van der Waals surface area contributed by atoms with Crippen LogP contribution in [0.5, 0.6) is 0 Å². The first-order valence-electron chi connectivity index (χ1n) is 10.2. The van der Waals surface area contributed by atoms with E-state index in [4.69, 9.17) is 9.47 Å². The van der Waals surface area contributed by atoms with Crippen molar-refractivity contribution in [2.24, 2.45) is 0 Å². The highest BCUT2D eigenvalue weighted by Crippen LogP contribution is 2.22. The lowest BCUT2D eigenvalue weighted by atomic mass is 10.1. The maximum Gasteiger partial charge on any atom is 0.337 e. The van der Waals surface area contributed by atoms with E-state index in [9.17, 15) is 14.4 Å². The van der Waals surface area contributed by atoms with Crippen molar-refractivity contribution >= 4 is 29.5 Å². The van der Waals surface area contributed by atoms with E-state index in [2.05, 4.69) is 9.97 Å². The molecule has 0 radical (unpaired) electrons. The molecule has 0 fully saturated rings. The van der Waals surface area contributed by atoms with Gasteiger partial charge in [0, 0.05) is 34.0 Å². The van der Waals surface area contributed by atoms with Gasteiger partial charge in [0.2, 0.25) is 5.78 Å². The molecule has 3 rings (SSSR count). The van der Waals surface area contributed by atoms with Gasteiger partial charge in [-0.25, -0.2) is 14.8 Å². The summed E-state index contributed by atoms with van der Waals surface area (Å²) in [4.78, 5) is 45.0. The highest BCUT2D eigenvalue weighted by Gasteiger charge is 2.19. The Hall–Kier alpha value is -3.46. The lowest BCUT2D eigenvalue weighted by Gasteiger charge is -2.10. The van der Waals surface area contributed by atoms with Crippen molar-refractivity contribution in [3.8, 4) is 5.69 Å². The number of ketones is 1. The molecule has 0 aliphatic carbocycles. The molecule has 0 atom stereocenters. The quantitative estimate of drug-likeness (QED) is 0.213. The smallest absolute Gasteiger partial charge is 0.337 e. The molecule has 0 N–H and O–H groups in total. The zero-order valence-corrected chi connectivity index (χ0v) is 20.0. The number of aromatic nitrogens is 3. The van der Waals surface area contributed by atoms with Gasteiger partial charge in [-0.2, -0.15) is 0 Å². The van der Waals surface area contributed by atoms with Crippen LogP contribution in [0.2, 0.25) is 0 Å². The van der Waals surface area contributed by atoms with E-state index < -0.39 is 11.9 Å². The summed E-state index contributed by atoms with van der Waals surface area (Å²) in [5.41, 5.74) is 4.93. The molecular weight excluding hydrogens is 442 g/mol.